The van der Waals surface area contributed by atoms with Crippen LogP contribution < -0.4 is 16.0 Å². The SMILES string of the molecule is CCC(C)C(=O)Nc1cccc(CNC(=NC)NCCCN2CCCCCC2)c1.I. The lowest BCUT2D eigenvalue weighted by Crippen LogP contribution is -2.38. The predicted octanol–water partition coefficient (Wildman–Crippen LogP) is 4.22. The Kier molecular flexibility index (Phi) is 13.7. The number of carbonyl (C=O) groups excluding carboxylic acids is 1. The van der Waals surface area contributed by atoms with Gasteiger partial charge in [-0.15, -0.1) is 24.0 Å². The third-order valence-corrected chi connectivity index (χ3v) is 5.58. The predicted molar refractivity (Wildman–Crippen MR) is 138 cm³/mol. The van der Waals surface area contributed by atoms with Crippen LogP contribution in [0.1, 0.15) is 57.9 Å². The molecule has 1 heterocycles. The highest BCUT2D eigenvalue weighted by Gasteiger charge is 2.11. The fourth-order valence-electron chi connectivity index (χ4n) is 3.49. The van der Waals surface area contributed by atoms with E-state index in [0.717, 1.165) is 43.1 Å². The van der Waals surface area contributed by atoms with Crippen molar-refractivity contribution in [1.29, 1.82) is 0 Å². The van der Waals surface area contributed by atoms with Gasteiger partial charge in [0.2, 0.25) is 5.91 Å². The molecular weight excluding hydrogens is 489 g/mol. The average molecular weight is 530 g/mol. The summed E-state index contributed by atoms with van der Waals surface area (Å²) in [5, 5.41) is 9.76. The Hall–Kier alpha value is -1.35. The number of nitrogens with zero attached hydrogens (tertiary/aromatic N) is 2. The lowest BCUT2D eigenvalue weighted by Gasteiger charge is -2.20. The van der Waals surface area contributed by atoms with Gasteiger partial charge in [-0.05, 0) is 63.0 Å². The van der Waals surface area contributed by atoms with Gasteiger partial charge in [0.15, 0.2) is 5.96 Å². The third-order valence-electron chi connectivity index (χ3n) is 5.58. The van der Waals surface area contributed by atoms with E-state index in [2.05, 4.69) is 31.9 Å². The van der Waals surface area contributed by atoms with Gasteiger partial charge in [-0.2, -0.15) is 0 Å². The number of halogens is 1. The molecule has 1 amide bonds. The number of benzene rings is 1. The topological polar surface area (TPSA) is 68.8 Å². The minimum absolute atomic E-state index is 0. The van der Waals surface area contributed by atoms with Crippen molar-refractivity contribution < 1.29 is 4.79 Å². The molecule has 0 spiro atoms. The zero-order chi connectivity index (χ0) is 20.9. The maximum atomic E-state index is 12.1. The first-order valence-corrected chi connectivity index (χ1v) is 11.2. The number of hydrogen-bond donors (Lipinski definition) is 3. The molecule has 0 aliphatic carbocycles. The Morgan fingerprint density at radius 3 is 2.57 bits per heavy atom. The number of rotatable bonds is 9. The summed E-state index contributed by atoms with van der Waals surface area (Å²) >= 11 is 0. The van der Waals surface area contributed by atoms with Crippen molar-refractivity contribution in [3.63, 3.8) is 0 Å². The number of amides is 1. The molecule has 3 N–H and O–H groups in total. The highest BCUT2D eigenvalue weighted by atomic mass is 127. The van der Waals surface area contributed by atoms with Gasteiger partial charge in [0.25, 0.3) is 0 Å². The summed E-state index contributed by atoms with van der Waals surface area (Å²) in [4.78, 5) is 19.0. The second-order valence-corrected chi connectivity index (χ2v) is 7.96. The molecule has 1 aromatic carbocycles. The smallest absolute Gasteiger partial charge is 0.227 e. The monoisotopic (exact) mass is 529 g/mol. The van der Waals surface area contributed by atoms with E-state index in [0.29, 0.717) is 6.54 Å². The van der Waals surface area contributed by atoms with Crippen LogP contribution in [0.5, 0.6) is 0 Å². The number of likely N-dealkylation sites (tertiary alicyclic amines) is 1. The van der Waals surface area contributed by atoms with E-state index in [1.54, 1.807) is 7.05 Å². The van der Waals surface area contributed by atoms with Crippen LogP contribution in [0.2, 0.25) is 0 Å². The second kappa shape index (κ2) is 15.5. The number of nitrogens with one attached hydrogen (secondary N) is 3. The van der Waals surface area contributed by atoms with Crippen LogP contribution in [0.15, 0.2) is 29.3 Å². The Bertz CT molecular complexity index is 644. The molecule has 1 aromatic rings. The van der Waals surface area contributed by atoms with Crippen molar-refractivity contribution in [2.24, 2.45) is 10.9 Å². The summed E-state index contributed by atoms with van der Waals surface area (Å²) in [6, 6.07) is 7.97. The minimum Gasteiger partial charge on any atom is -0.356 e. The molecule has 0 radical (unpaired) electrons. The van der Waals surface area contributed by atoms with Crippen molar-refractivity contribution in [2.45, 2.75) is 58.9 Å². The highest BCUT2D eigenvalue weighted by Crippen LogP contribution is 2.13. The maximum absolute atomic E-state index is 12.1. The van der Waals surface area contributed by atoms with E-state index in [9.17, 15) is 4.79 Å². The van der Waals surface area contributed by atoms with E-state index in [4.69, 9.17) is 0 Å². The van der Waals surface area contributed by atoms with Gasteiger partial charge in [0.1, 0.15) is 0 Å². The molecule has 1 fully saturated rings. The highest BCUT2D eigenvalue weighted by molar-refractivity contribution is 14.0. The first kappa shape index (κ1) is 26.7. The third kappa shape index (κ3) is 10.1. The Labute approximate surface area is 199 Å². The Morgan fingerprint density at radius 2 is 1.90 bits per heavy atom. The van der Waals surface area contributed by atoms with Crippen molar-refractivity contribution >= 4 is 41.5 Å². The van der Waals surface area contributed by atoms with E-state index in [1.807, 2.05) is 32.0 Å². The summed E-state index contributed by atoms with van der Waals surface area (Å²) in [5.41, 5.74) is 1.95. The quantitative estimate of drug-likeness (QED) is 0.194. The second-order valence-electron chi connectivity index (χ2n) is 7.96. The summed E-state index contributed by atoms with van der Waals surface area (Å²) < 4.78 is 0. The maximum Gasteiger partial charge on any atom is 0.227 e. The van der Waals surface area contributed by atoms with Gasteiger partial charge >= 0.3 is 0 Å². The molecule has 170 valence electrons. The van der Waals surface area contributed by atoms with E-state index in [1.165, 1.54) is 38.8 Å². The standard InChI is InChI=1S/C23H39N5O.HI/c1-4-19(2)22(29)27-21-12-9-11-20(17-21)18-26-23(24-3)25-13-10-16-28-14-7-5-6-8-15-28;/h9,11-12,17,19H,4-8,10,13-16,18H2,1-3H3,(H,27,29)(H2,24,25,26);1H. The lowest BCUT2D eigenvalue weighted by atomic mass is 10.1. The van der Waals surface area contributed by atoms with Crippen LogP contribution in [-0.4, -0.2) is 50.0 Å². The van der Waals surface area contributed by atoms with Gasteiger partial charge in [0, 0.05) is 31.7 Å². The van der Waals surface area contributed by atoms with E-state index < -0.39 is 0 Å². The number of anilines is 1. The molecule has 30 heavy (non-hydrogen) atoms. The van der Waals surface area contributed by atoms with Crippen LogP contribution in [0.3, 0.4) is 0 Å². The zero-order valence-electron chi connectivity index (χ0n) is 18.9. The fraction of sp³-hybridized carbons (Fsp3) is 0.652. The number of hydrogen-bond acceptors (Lipinski definition) is 3. The lowest BCUT2D eigenvalue weighted by molar-refractivity contribution is -0.119. The molecule has 0 aromatic heterocycles. The van der Waals surface area contributed by atoms with Gasteiger partial charge in [0.05, 0.1) is 0 Å². The number of aliphatic imine (C=N–C) groups is 1. The first-order chi connectivity index (χ1) is 14.1. The van der Waals surface area contributed by atoms with E-state index >= 15 is 0 Å². The van der Waals surface area contributed by atoms with Gasteiger partial charge in [-0.1, -0.05) is 38.8 Å². The number of carbonyl (C=O) groups is 1. The summed E-state index contributed by atoms with van der Waals surface area (Å²) in [6.45, 7) is 9.20. The minimum atomic E-state index is 0. The molecule has 0 saturated carbocycles. The largest absolute Gasteiger partial charge is 0.356 e. The Balaban J connectivity index is 0.00000450. The molecular formula is C23H40IN5O. The van der Waals surface area contributed by atoms with Gasteiger partial charge < -0.3 is 20.9 Å². The summed E-state index contributed by atoms with van der Waals surface area (Å²) in [5.74, 6) is 0.906. The zero-order valence-corrected chi connectivity index (χ0v) is 21.2. The van der Waals surface area contributed by atoms with Crippen molar-refractivity contribution in [3.05, 3.63) is 29.8 Å². The van der Waals surface area contributed by atoms with E-state index in [-0.39, 0.29) is 35.8 Å². The van der Waals surface area contributed by atoms with Crippen molar-refractivity contribution in [2.75, 3.05) is 38.5 Å². The molecule has 2 rings (SSSR count). The normalized spacial score (nSPS) is 16.2. The number of guanidine groups is 1. The summed E-state index contributed by atoms with van der Waals surface area (Å²) in [7, 11) is 1.80. The van der Waals surface area contributed by atoms with Crippen LogP contribution in [0.4, 0.5) is 5.69 Å². The molecule has 1 aliphatic rings. The van der Waals surface area contributed by atoms with Gasteiger partial charge in [-0.25, -0.2) is 0 Å². The molecule has 6 nitrogen and oxygen atoms in total. The van der Waals surface area contributed by atoms with Gasteiger partial charge in [-0.3, -0.25) is 9.79 Å². The van der Waals surface area contributed by atoms with Crippen molar-refractivity contribution in [3.8, 4) is 0 Å². The molecule has 1 saturated heterocycles. The van der Waals surface area contributed by atoms with Crippen LogP contribution >= 0.6 is 24.0 Å². The van der Waals surface area contributed by atoms with Crippen molar-refractivity contribution in [1.82, 2.24) is 15.5 Å². The summed E-state index contributed by atoms with van der Waals surface area (Å²) in [6.07, 6.45) is 7.41. The molecule has 1 aliphatic heterocycles. The van der Waals surface area contributed by atoms with Crippen LogP contribution in [-0.2, 0) is 11.3 Å². The first-order valence-electron chi connectivity index (χ1n) is 11.2. The van der Waals surface area contributed by atoms with Crippen LogP contribution in [0.25, 0.3) is 0 Å². The average Bonchev–Trinajstić information content (AvgIpc) is 3.01. The molecule has 7 heteroatoms. The van der Waals surface area contributed by atoms with Crippen LogP contribution in [0, 0.1) is 5.92 Å². The Morgan fingerprint density at radius 1 is 1.17 bits per heavy atom. The molecule has 1 atom stereocenters. The molecule has 0 bridgehead atoms. The fourth-order valence-corrected chi connectivity index (χ4v) is 3.49. The molecule has 1 unspecified atom stereocenters.